The van der Waals surface area contributed by atoms with E-state index in [1.807, 2.05) is 14.0 Å². The average molecular weight is 442 g/mol. The van der Waals surface area contributed by atoms with Gasteiger partial charge in [0.2, 0.25) is 0 Å². The molecule has 0 amide bonds. The van der Waals surface area contributed by atoms with Gasteiger partial charge in [-0.15, -0.1) is 0 Å². The highest BCUT2D eigenvalue weighted by molar-refractivity contribution is 5.65. The number of hydrogen-bond acceptors (Lipinski definition) is 4. The molecule has 0 saturated carbocycles. The van der Waals surface area contributed by atoms with Gasteiger partial charge in [-0.1, -0.05) is 0 Å². The van der Waals surface area contributed by atoms with E-state index in [9.17, 15) is 22.7 Å². The number of halogens is 4. The number of benzene rings is 2. The van der Waals surface area contributed by atoms with Crippen molar-refractivity contribution in [3.63, 3.8) is 0 Å². The van der Waals surface area contributed by atoms with Crippen LogP contribution in [0.15, 0.2) is 41.4 Å². The lowest BCUT2D eigenvalue weighted by Gasteiger charge is -2.32. The molecule has 0 fully saturated rings. The quantitative estimate of drug-likeness (QED) is 0.338. The molecule has 0 saturated heterocycles. The van der Waals surface area contributed by atoms with Crippen molar-refractivity contribution in [1.29, 1.82) is 0 Å². The molecule has 0 radical (unpaired) electrons. The Balaban J connectivity index is 2.36. The van der Waals surface area contributed by atoms with Crippen molar-refractivity contribution < 1.29 is 32.1 Å². The van der Waals surface area contributed by atoms with Gasteiger partial charge in [0.1, 0.15) is 17.3 Å². The Kier molecular flexibility index (Phi) is 7.89. The minimum atomic E-state index is -4.99. The maximum Gasteiger partial charge on any atom is 0.421 e. The highest BCUT2D eigenvalue weighted by Gasteiger charge is 2.56. The van der Waals surface area contributed by atoms with E-state index in [-0.39, 0.29) is 11.5 Å². The number of methoxy groups -OCH3 is 1. The van der Waals surface area contributed by atoms with Crippen LogP contribution in [-0.4, -0.2) is 49.8 Å². The Hall–Kier alpha value is -2.81. The van der Waals surface area contributed by atoms with Crippen molar-refractivity contribution in [2.24, 2.45) is 4.99 Å². The number of alkyl halides is 3. The Labute approximate surface area is 178 Å². The first-order valence-electron chi connectivity index (χ1n) is 9.62. The van der Waals surface area contributed by atoms with E-state index in [2.05, 4.69) is 4.99 Å². The summed E-state index contributed by atoms with van der Waals surface area (Å²) < 4.78 is 65.3. The summed E-state index contributed by atoms with van der Waals surface area (Å²) in [6.45, 7) is 3.79. The summed E-state index contributed by atoms with van der Waals surface area (Å²) in [6.07, 6.45) is -4.22. The molecule has 0 heterocycles. The smallest absolute Gasteiger partial charge is 0.421 e. The van der Waals surface area contributed by atoms with E-state index < -0.39 is 36.2 Å². The number of aliphatic hydroxyl groups is 1. The number of rotatable bonds is 9. The number of aliphatic imine (C=N–C) groups is 1. The Morgan fingerprint density at radius 1 is 1.16 bits per heavy atom. The number of nitrogens with zero attached hydrogens (tertiary/aromatic N) is 2. The normalized spacial score (nSPS) is 13.8. The molecule has 1 atom stereocenters. The van der Waals surface area contributed by atoms with Crippen LogP contribution in [0.5, 0.6) is 11.5 Å². The molecule has 1 N–H and O–H groups in total. The summed E-state index contributed by atoms with van der Waals surface area (Å²) in [5.74, 6) is -0.440. The second-order valence-corrected chi connectivity index (χ2v) is 7.07. The van der Waals surface area contributed by atoms with Gasteiger partial charge >= 0.3 is 6.18 Å². The van der Waals surface area contributed by atoms with E-state index in [0.29, 0.717) is 17.8 Å². The monoisotopic (exact) mass is 442 g/mol. The van der Waals surface area contributed by atoms with E-state index >= 15 is 0 Å². The van der Waals surface area contributed by atoms with Crippen LogP contribution < -0.4 is 9.47 Å². The van der Waals surface area contributed by atoms with Gasteiger partial charge in [0.15, 0.2) is 5.60 Å². The maximum atomic E-state index is 14.0. The van der Waals surface area contributed by atoms with Gasteiger partial charge < -0.3 is 19.5 Å². The molecule has 0 aromatic heterocycles. The van der Waals surface area contributed by atoms with Crippen molar-refractivity contribution in [1.82, 2.24) is 4.90 Å². The number of ether oxygens (including phenoxy) is 2. The van der Waals surface area contributed by atoms with E-state index in [1.54, 1.807) is 18.2 Å². The molecule has 31 heavy (non-hydrogen) atoms. The lowest BCUT2D eigenvalue weighted by Crippen LogP contribution is -2.43. The molecule has 2 rings (SSSR count). The van der Waals surface area contributed by atoms with Gasteiger partial charge in [-0.3, -0.25) is 0 Å². The van der Waals surface area contributed by atoms with E-state index in [4.69, 9.17) is 9.47 Å². The lowest BCUT2D eigenvalue weighted by atomic mass is 9.87. The molecule has 2 aromatic rings. The van der Waals surface area contributed by atoms with Gasteiger partial charge in [-0.25, -0.2) is 9.38 Å². The summed E-state index contributed by atoms with van der Waals surface area (Å²) in [7, 11) is 3.04. The van der Waals surface area contributed by atoms with Crippen molar-refractivity contribution in [2.75, 3.05) is 27.3 Å². The van der Waals surface area contributed by atoms with Crippen LogP contribution in [0.25, 0.3) is 0 Å². The first-order chi connectivity index (χ1) is 14.5. The summed E-state index contributed by atoms with van der Waals surface area (Å²) in [5.41, 5.74) is -2.77. The van der Waals surface area contributed by atoms with Crippen LogP contribution in [0, 0.1) is 12.7 Å². The Morgan fingerprint density at radius 2 is 1.81 bits per heavy atom. The molecule has 0 aliphatic carbocycles. The summed E-state index contributed by atoms with van der Waals surface area (Å²) in [5, 5.41) is 10.7. The predicted octanol–water partition coefficient (Wildman–Crippen LogP) is 4.97. The first-order valence-corrected chi connectivity index (χ1v) is 9.62. The fourth-order valence-electron chi connectivity index (χ4n) is 2.83. The third-order valence-corrected chi connectivity index (χ3v) is 4.87. The van der Waals surface area contributed by atoms with E-state index in [0.717, 1.165) is 12.1 Å². The highest BCUT2D eigenvalue weighted by atomic mass is 19.4. The van der Waals surface area contributed by atoms with Crippen LogP contribution in [-0.2, 0) is 5.60 Å². The highest BCUT2D eigenvalue weighted by Crippen LogP contribution is 2.46. The molecule has 1 unspecified atom stereocenters. The number of hydrogen-bond donors (Lipinski definition) is 1. The molecule has 0 spiro atoms. The van der Waals surface area contributed by atoms with Gasteiger partial charge in [0.05, 0.1) is 25.7 Å². The SMILES string of the molecule is CCN(C)C=Nc1cc(OC)c(C(O)(CCOc2ccc(F)cc2)C(F)(F)F)cc1C. The molecule has 5 nitrogen and oxygen atoms in total. The topological polar surface area (TPSA) is 54.3 Å². The molecule has 0 bridgehead atoms. The van der Waals surface area contributed by atoms with Gasteiger partial charge in [0, 0.05) is 31.6 Å². The van der Waals surface area contributed by atoms with Gasteiger partial charge in [-0.2, -0.15) is 13.2 Å². The first kappa shape index (κ1) is 24.5. The third kappa shape index (κ3) is 5.88. The van der Waals surface area contributed by atoms with Crippen LogP contribution >= 0.6 is 0 Å². The van der Waals surface area contributed by atoms with Crippen LogP contribution in [0.4, 0.5) is 23.2 Å². The molecular weight excluding hydrogens is 416 g/mol. The van der Waals surface area contributed by atoms with Crippen molar-refractivity contribution in [2.45, 2.75) is 32.0 Å². The maximum absolute atomic E-state index is 14.0. The van der Waals surface area contributed by atoms with Gasteiger partial charge in [-0.05, 0) is 49.7 Å². The third-order valence-electron chi connectivity index (χ3n) is 4.87. The largest absolute Gasteiger partial charge is 0.496 e. The minimum Gasteiger partial charge on any atom is -0.496 e. The summed E-state index contributed by atoms with van der Waals surface area (Å²) in [6, 6.07) is 7.45. The second kappa shape index (κ2) is 10.00. The predicted molar refractivity (Wildman–Crippen MR) is 111 cm³/mol. The second-order valence-electron chi connectivity index (χ2n) is 7.07. The Morgan fingerprint density at radius 3 is 2.35 bits per heavy atom. The summed E-state index contributed by atoms with van der Waals surface area (Å²) >= 11 is 0. The van der Waals surface area contributed by atoms with E-state index in [1.165, 1.54) is 31.4 Å². The van der Waals surface area contributed by atoms with Crippen molar-refractivity contribution >= 4 is 12.0 Å². The molecule has 9 heteroatoms. The zero-order valence-corrected chi connectivity index (χ0v) is 17.8. The van der Waals surface area contributed by atoms with Crippen molar-refractivity contribution in [3.8, 4) is 11.5 Å². The fraction of sp³-hybridized carbons (Fsp3) is 0.409. The minimum absolute atomic E-state index is 0.140. The van der Waals surface area contributed by atoms with Crippen LogP contribution in [0.3, 0.4) is 0 Å². The standard InChI is InChI=1S/C22H26F4N2O3/c1-5-28(3)14-27-19-13-20(30-4)18(12-15(19)2)21(29,22(24,25)26)10-11-31-17-8-6-16(23)7-9-17/h6-9,12-14,29H,5,10-11H2,1-4H3. The molecule has 2 aromatic carbocycles. The summed E-state index contributed by atoms with van der Waals surface area (Å²) in [4.78, 5) is 6.09. The molecule has 170 valence electrons. The van der Waals surface area contributed by atoms with Crippen molar-refractivity contribution in [3.05, 3.63) is 53.3 Å². The van der Waals surface area contributed by atoms with Gasteiger partial charge in [0.25, 0.3) is 0 Å². The lowest BCUT2D eigenvalue weighted by molar-refractivity contribution is -0.271. The average Bonchev–Trinajstić information content (AvgIpc) is 2.72. The van der Waals surface area contributed by atoms with Crippen LogP contribution in [0.1, 0.15) is 24.5 Å². The molecule has 0 aliphatic heterocycles. The zero-order valence-electron chi connectivity index (χ0n) is 17.8. The zero-order chi connectivity index (χ0) is 23.2. The molecule has 0 aliphatic rings. The Bertz CT molecular complexity index is 901. The fourth-order valence-corrected chi connectivity index (χ4v) is 2.83. The number of aryl methyl sites for hydroxylation is 1. The van der Waals surface area contributed by atoms with Crippen LogP contribution in [0.2, 0.25) is 0 Å². The molecular formula is C22H26F4N2O3.